The third-order valence-corrected chi connectivity index (χ3v) is 5.38. The molecule has 0 saturated carbocycles. The van der Waals surface area contributed by atoms with Gasteiger partial charge < -0.3 is 10.7 Å². The Morgan fingerprint density at radius 2 is 2.30 bits per heavy atom. The number of sulfone groups is 1. The van der Waals surface area contributed by atoms with Gasteiger partial charge in [0, 0.05) is 17.2 Å². The number of pyridine rings is 1. The Bertz CT molecular complexity index is 620. The van der Waals surface area contributed by atoms with Gasteiger partial charge in [0.05, 0.1) is 17.1 Å². The van der Waals surface area contributed by atoms with Gasteiger partial charge >= 0.3 is 0 Å². The SMILES string of the molecule is NNc1ncc(Br)cc1C(=O)NCC1CCS(=O)(=O)C1. The summed E-state index contributed by atoms with van der Waals surface area (Å²) in [5.74, 6) is 5.53. The molecule has 9 heteroatoms. The van der Waals surface area contributed by atoms with Crippen LogP contribution in [-0.2, 0) is 9.84 Å². The molecule has 7 nitrogen and oxygen atoms in total. The minimum atomic E-state index is -2.93. The number of nitrogens with two attached hydrogens (primary N) is 1. The van der Waals surface area contributed by atoms with Gasteiger partial charge in [-0.2, -0.15) is 0 Å². The van der Waals surface area contributed by atoms with E-state index in [1.807, 2.05) is 0 Å². The van der Waals surface area contributed by atoms with Crippen LogP contribution in [0.5, 0.6) is 0 Å². The van der Waals surface area contributed by atoms with E-state index in [1.54, 1.807) is 6.07 Å². The first-order chi connectivity index (χ1) is 9.41. The maximum absolute atomic E-state index is 12.1. The molecule has 1 aliphatic heterocycles. The van der Waals surface area contributed by atoms with Crippen LogP contribution in [0.3, 0.4) is 0 Å². The van der Waals surface area contributed by atoms with E-state index < -0.39 is 9.84 Å². The van der Waals surface area contributed by atoms with Gasteiger partial charge in [-0.25, -0.2) is 19.2 Å². The Morgan fingerprint density at radius 1 is 1.55 bits per heavy atom. The molecule has 0 aliphatic carbocycles. The van der Waals surface area contributed by atoms with Crippen LogP contribution in [0.15, 0.2) is 16.7 Å². The molecule has 2 rings (SSSR count). The van der Waals surface area contributed by atoms with Crippen LogP contribution in [0.25, 0.3) is 0 Å². The number of anilines is 1. The zero-order chi connectivity index (χ0) is 14.8. The van der Waals surface area contributed by atoms with Crippen LogP contribution >= 0.6 is 15.9 Å². The largest absolute Gasteiger partial charge is 0.352 e. The Morgan fingerprint density at radius 3 is 2.90 bits per heavy atom. The molecule has 0 spiro atoms. The summed E-state index contributed by atoms with van der Waals surface area (Å²) in [6.45, 7) is 0.328. The van der Waals surface area contributed by atoms with Crippen molar-refractivity contribution in [2.45, 2.75) is 6.42 Å². The summed E-state index contributed by atoms with van der Waals surface area (Å²) in [7, 11) is -2.93. The lowest BCUT2D eigenvalue weighted by Crippen LogP contribution is -2.31. The fourth-order valence-electron chi connectivity index (χ4n) is 2.09. The summed E-state index contributed by atoms with van der Waals surface area (Å²) in [6, 6.07) is 1.60. The molecule has 1 fully saturated rings. The second kappa shape index (κ2) is 6.06. The number of nitrogen functional groups attached to an aromatic ring is 1. The van der Waals surface area contributed by atoms with E-state index in [0.29, 0.717) is 23.0 Å². The smallest absolute Gasteiger partial charge is 0.255 e. The number of halogens is 1. The number of carbonyl (C=O) groups excluding carboxylic acids is 1. The normalized spacial score (nSPS) is 20.6. The molecule has 4 N–H and O–H groups in total. The van der Waals surface area contributed by atoms with Crippen molar-refractivity contribution in [2.24, 2.45) is 11.8 Å². The molecule has 1 aliphatic rings. The predicted molar refractivity (Wildman–Crippen MR) is 78.8 cm³/mol. The Labute approximate surface area is 125 Å². The average molecular weight is 363 g/mol. The molecule has 1 atom stereocenters. The second-order valence-electron chi connectivity index (χ2n) is 4.67. The van der Waals surface area contributed by atoms with E-state index in [9.17, 15) is 13.2 Å². The molecule has 0 aromatic carbocycles. The minimum Gasteiger partial charge on any atom is -0.352 e. The van der Waals surface area contributed by atoms with E-state index in [2.05, 4.69) is 31.7 Å². The van der Waals surface area contributed by atoms with Gasteiger partial charge in [0.2, 0.25) is 0 Å². The number of hydrogen-bond donors (Lipinski definition) is 3. The summed E-state index contributed by atoms with van der Waals surface area (Å²) in [6.07, 6.45) is 2.11. The van der Waals surface area contributed by atoms with Gasteiger partial charge in [-0.05, 0) is 34.3 Å². The average Bonchev–Trinajstić information content (AvgIpc) is 2.75. The summed E-state index contributed by atoms with van der Waals surface area (Å²) in [4.78, 5) is 16.1. The topological polar surface area (TPSA) is 114 Å². The van der Waals surface area contributed by atoms with Crippen LogP contribution in [0.1, 0.15) is 16.8 Å². The lowest BCUT2D eigenvalue weighted by Gasteiger charge is -2.12. The van der Waals surface area contributed by atoms with Gasteiger partial charge in [0.15, 0.2) is 15.7 Å². The molecule has 1 unspecified atom stereocenters. The molecule has 1 aromatic rings. The Kier molecular flexibility index (Phi) is 4.61. The molecule has 1 saturated heterocycles. The molecular weight excluding hydrogens is 348 g/mol. The van der Waals surface area contributed by atoms with Crippen molar-refractivity contribution in [1.82, 2.24) is 10.3 Å². The molecule has 1 aromatic heterocycles. The second-order valence-corrected chi connectivity index (χ2v) is 7.82. The number of amides is 1. The third kappa shape index (κ3) is 3.68. The predicted octanol–water partition coefficient (Wildman–Crippen LogP) is 0.294. The maximum atomic E-state index is 12.1. The van der Waals surface area contributed by atoms with Gasteiger partial charge in [0.1, 0.15) is 0 Å². The standard InChI is InChI=1S/C11H15BrN4O3S/c12-8-3-9(10(16-13)14-5-8)11(17)15-4-7-1-2-20(18,19)6-7/h3,5,7H,1-2,4,6,13H2,(H,14,16)(H,15,17). The number of nitrogens with one attached hydrogen (secondary N) is 2. The molecule has 0 radical (unpaired) electrons. The van der Waals surface area contributed by atoms with E-state index >= 15 is 0 Å². The lowest BCUT2D eigenvalue weighted by atomic mass is 10.1. The van der Waals surface area contributed by atoms with Crippen LogP contribution in [0.4, 0.5) is 5.82 Å². The van der Waals surface area contributed by atoms with Gasteiger partial charge in [-0.1, -0.05) is 0 Å². The Hall–Kier alpha value is -1.19. The summed E-state index contributed by atoms with van der Waals surface area (Å²) >= 11 is 3.24. The first-order valence-corrected chi connectivity index (χ1v) is 8.63. The maximum Gasteiger partial charge on any atom is 0.255 e. The van der Waals surface area contributed by atoms with Crippen LogP contribution in [0.2, 0.25) is 0 Å². The van der Waals surface area contributed by atoms with E-state index in [1.165, 1.54) is 6.20 Å². The van der Waals surface area contributed by atoms with E-state index in [0.717, 1.165) is 0 Å². The van der Waals surface area contributed by atoms with E-state index in [-0.39, 0.29) is 29.1 Å². The van der Waals surface area contributed by atoms with Gasteiger partial charge in [-0.3, -0.25) is 4.79 Å². The van der Waals surface area contributed by atoms with E-state index in [4.69, 9.17) is 5.84 Å². The first kappa shape index (κ1) is 15.2. The van der Waals surface area contributed by atoms with Crippen molar-refractivity contribution in [3.63, 3.8) is 0 Å². The van der Waals surface area contributed by atoms with Crippen molar-refractivity contribution < 1.29 is 13.2 Å². The summed E-state index contributed by atoms with van der Waals surface area (Å²) in [5.41, 5.74) is 2.66. The zero-order valence-corrected chi connectivity index (χ0v) is 13.0. The van der Waals surface area contributed by atoms with Crippen LogP contribution < -0.4 is 16.6 Å². The summed E-state index contributed by atoms with van der Waals surface area (Å²) < 4.78 is 23.3. The van der Waals surface area contributed by atoms with Crippen molar-refractivity contribution in [2.75, 3.05) is 23.5 Å². The number of aromatic nitrogens is 1. The number of nitrogens with zero attached hydrogens (tertiary/aromatic N) is 1. The molecular formula is C11H15BrN4O3S. The number of hydrazine groups is 1. The molecule has 0 bridgehead atoms. The summed E-state index contributed by atoms with van der Waals surface area (Å²) in [5, 5.41) is 2.72. The van der Waals surface area contributed by atoms with Crippen molar-refractivity contribution in [3.8, 4) is 0 Å². The van der Waals surface area contributed by atoms with Crippen molar-refractivity contribution in [3.05, 3.63) is 22.3 Å². The fourth-order valence-corrected chi connectivity index (χ4v) is 4.29. The van der Waals surface area contributed by atoms with Crippen molar-refractivity contribution in [1.29, 1.82) is 0 Å². The lowest BCUT2D eigenvalue weighted by molar-refractivity contribution is 0.0949. The van der Waals surface area contributed by atoms with Crippen molar-refractivity contribution >= 4 is 37.5 Å². The monoisotopic (exact) mass is 362 g/mol. The quantitative estimate of drug-likeness (QED) is 0.524. The van der Waals surface area contributed by atoms with Gasteiger partial charge in [-0.15, -0.1) is 0 Å². The molecule has 110 valence electrons. The Balaban J connectivity index is 2.00. The highest BCUT2D eigenvalue weighted by Gasteiger charge is 2.28. The highest BCUT2D eigenvalue weighted by atomic mass is 79.9. The van der Waals surface area contributed by atoms with Crippen LogP contribution in [-0.4, -0.2) is 37.4 Å². The van der Waals surface area contributed by atoms with Crippen LogP contribution in [0, 0.1) is 5.92 Å². The molecule has 2 heterocycles. The molecule has 1 amide bonds. The fraction of sp³-hybridized carbons (Fsp3) is 0.455. The molecule has 20 heavy (non-hydrogen) atoms. The number of hydrogen-bond acceptors (Lipinski definition) is 6. The minimum absolute atomic E-state index is 0.0293. The first-order valence-electron chi connectivity index (χ1n) is 6.02. The van der Waals surface area contributed by atoms with Gasteiger partial charge in [0.25, 0.3) is 5.91 Å². The zero-order valence-electron chi connectivity index (χ0n) is 10.6. The number of rotatable bonds is 4. The third-order valence-electron chi connectivity index (χ3n) is 3.11. The number of carbonyl (C=O) groups is 1. The highest BCUT2D eigenvalue weighted by Crippen LogP contribution is 2.19. The highest BCUT2D eigenvalue weighted by molar-refractivity contribution is 9.10.